The van der Waals surface area contributed by atoms with Crippen molar-refractivity contribution in [1.29, 1.82) is 0 Å². The van der Waals surface area contributed by atoms with Crippen LogP contribution in [0.15, 0.2) is 36.4 Å². The Morgan fingerprint density at radius 1 is 1.22 bits per heavy atom. The van der Waals surface area contributed by atoms with Crippen LogP contribution in [-0.4, -0.2) is 19.0 Å². The molecule has 1 N–H and O–H groups in total. The molecule has 1 aliphatic heterocycles. The Morgan fingerprint density at radius 3 is 2.87 bits per heavy atom. The van der Waals surface area contributed by atoms with E-state index in [2.05, 4.69) is 11.4 Å². The average molecular weight is 316 g/mol. The summed E-state index contributed by atoms with van der Waals surface area (Å²) in [6.07, 6.45) is 1.96. The van der Waals surface area contributed by atoms with Crippen molar-refractivity contribution in [2.45, 2.75) is 19.8 Å². The average Bonchev–Trinajstić information content (AvgIpc) is 2.51. The molecule has 0 spiro atoms. The van der Waals surface area contributed by atoms with Gasteiger partial charge in [-0.3, -0.25) is 4.79 Å². The first-order valence-corrected chi connectivity index (χ1v) is 7.62. The smallest absolute Gasteiger partial charge is 0.243 e. The van der Waals surface area contributed by atoms with Crippen molar-refractivity contribution in [1.82, 2.24) is 0 Å². The Morgan fingerprint density at radius 2 is 2.04 bits per heavy atom. The van der Waals surface area contributed by atoms with Crippen molar-refractivity contribution < 1.29 is 13.6 Å². The number of hydrogen-bond acceptors (Lipinski definition) is 2. The van der Waals surface area contributed by atoms with E-state index in [1.54, 1.807) is 0 Å². The molecule has 3 rings (SSSR count). The van der Waals surface area contributed by atoms with Crippen molar-refractivity contribution in [3.63, 3.8) is 0 Å². The van der Waals surface area contributed by atoms with Crippen molar-refractivity contribution in [3.05, 3.63) is 59.2 Å². The molecule has 120 valence electrons. The highest BCUT2D eigenvalue weighted by Crippen LogP contribution is 2.27. The molecule has 0 saturated carbocycles. The van der Waals surface area contributed by atoms with E-state index < -0.39 is 11.6 Å². The van der Waals surface area contributed by atoms with E-state index in [0.717, 1.165) is 43.3 Å². The topological polar surface area (TPSA) is 32.3 Å². The van der Waals surface area contributed by atoms with Gasteiger partial charge in [0.1, 0.15) is 11.6 Å². The zero-order valence-corrected chi connectivity index (χ0v) is 12.9. The monoisotopic (exact) mass is 316 g/mol. The largest absolute Gasteiger partial charge is 0.362 e. The third kappa shape index (κ3) is 3.50. The van der Waals surface area contributed by atoms with E-state index in [0.29, 0.717) is 0 Å². The van der Waals surface area contributed by atoms with Gasteiger partial charge in [-0.25, -0.2) is 8.78 Å². The van der Waals surface area contributed by atoms with E-state index in [-0.39, 0.29) is 18.1 Å². The quantitative estimate of drug-likeness (QED) is 0.937. The van der Waals surface area contributed by atoms with Crippen molar-refractivity contribution in [2.75, 3.05) is 23.3 Å². The van der Waals surface area contributed by atoms with Gasteiger partial charge in [-0.2, -0.15) is 0 Å². The molecule has 3 nitrogen and oxygen atoms in total. The molecule has 2 aromatic carbocycles. The van der Waals surface area contributed by atoms with E-state index in [9.17, 15) is 13.6 Å². The number of nitrogens with one attached hydrogen (secondary N) is 1. The number of anilines is 2. The molecule has 1 heterocycles. The minimum atomic E-state index is -0.644. The maximum Gasteiger partial charge on any atom is 0.243 e. The van der Waals surface area contributed by atoms with Gasteiger partial charge in [0.05, 0.1) is 12.2 Å². The Balaban J connectivity index is 1.73. The molecule has 0 saturated heterocycles. The molecular weight excluding hydrogens is 298 g/mol. The standard InChI is InChI=1S/C18H18F2N2O/c1-12-4-7-17-13(9-12)3-2-8-22(17)11-18(23)21-16-10-14(19)5-6-15(16)20/h4-7,9-10H,2-3,8,11H2,1H3,(H,21,23). The lowest BCUT2D eigenvalue weighted by Crippen LogP contribution is -2.37. The van der Waals surface area contributed by atoms with Crippen LogP contribution >= 0.6 is 0 Å². The maximum atomic E-state index is 13.6. The molecule has 0 fully saturated rings. The second-order valence-electron chi connectivity index (χ2n) is 5.83. The molecule has 5 heteroatoms. The van der Waals surface area contributed by atoms with Crippen molar-refractivity contribution >= 4 is 17.3 Å². The van der Waals surface area contributed by atoms with Crippen LogP contribution in [0.3, 0.4) is 0 Å². The third-order valence-electron chi connectivity index (χ3n) is 3.99. The van der Waals surface area contributed by atoms with Gasteiger partial charge >= 0.3 is 0 Å². The van der Waals surface area contributed by atoms with Crippen LogP contribution in [-0.2, 0) is 11.2 Å². The number of amides is 1. The normalized spacial score (nSPS) is 13.6. The number of fused-ring (bicyclic) bond motifs is 1. The number of hydrogen-bond donors (Lipinski definition) is 1. The van der Waals surface area contributed by atoms with Gasteiger partial charge in [0.2, 0.25) is 5.91 Å². The number of halogens is 2. The van der Waals surface area contributed by atoms with Crippen molar-refractivity contribution in [3.8, 4) is 0 Å². The summed E-state index contributed by atoms with van der Waals surface area (Å²) in [6, 6.07) is 9.17. The summed E-state index contributed by atoms with van der Waals surface area (Å²) in [5.41, 5.74) is 3.32. The van der Waals surface area contributed by atoms with Crippen LogP contribution in [0.2, 0.25) is 0 Å². The summed E-state index contributed by atoms with van der Waals surface area (Å²) in [5.74, 6) is -1.59. The number of nitrogens with zero attached hydrogens (tertiary/aromatic N) is 1. The van der Waals surface area contributed by atoms with Crippen LogP contribution < -0.4 is 10.2 Å². The summed E-state index contributed by atoms with van der Waals surface area (Å²) in [5, 5.41) is 2.44. The van der Waals surface area contributed by atoms with Crippen LogP contribution in [0.4, 0.5) is 20.2 Å². The number of benzene rings is 2. The minimum absolute atomic E-state index is 0.117. The molecule has 0 atom stereocenters. The highest BCUT2D eigenvalue weighted by molar-refractivity contribution is 5.94. The maximum absolute atomic E-state index is 13.6. The first-order valence-electron chi connectivity index (χ1n) is 7.62. The van der Waals surface area contributed by atoms with Crippen LogP contribution in [0.5, 0.6) is 0 Å². The molecule has 1 aliphatic rings. The summed E-state index contributed by atoms with van der Waals surface area (Å²) < 4.78 is 26.8. The molecule has 23 heavy (non-hydrogen) atoms. The lowest BCUT2D eigenvalue weighted by atomic mass is 9.99. The van der Waals surface area contributed by atoms with Crippen LogP contribution in [0.25, 0.3) is 0 Å². The van der Waals surface area contributed by atoms with Gasteiger partial charge in [-0.05, 0) is 43.5 Å². The Hall–Kier alpha value is -2.43. The number of carbonyl (C=O) groups is 1. The van der Waals surface area contributed by atoms with Crippen LogP contribution in [0, 0.1) is 18.6 Å². The molecule has 0 bridgehead atoms. The van der Waals surface area contributed by atoms with Crippen molar-refractivity contribution in [2.24, 2.45) is 0 Å². The molecular formula is C18H18F2N2O. The highest BCUT2D eigenvalue weighted by Gasteiger charge is 2.19. The fourth-order valence-electron chi connectivity index (χ4n) is 2.92. The molecule has 0 aliphatic carbocycles. The lowest BCUT2D eigenvalue weighted by molar-refractivity contribution is -0.115. The Kier molecular flexibility index (Phi) is 4.28. The lowest BCUT2D eigenvalue weighted by Gasteiger charge is -2.31. The van der Waals surface area contributed by atoms with E-state index in [4.69, 9.17) is 0 Å². The second-order valence-corrected chi connectivity index (χ2v) is 5.83. The zero-order valence-electron chi connectivity index (χ0n) is 12.9. The molecule has 0 radical (unpaired) electrons. The summed E-state index contributed by atoms with van der Waals surface area (Å²) >= 11 is 0. The molecule has 0 unspecified atom stereocenters. The molecule has 2 aromatic rings. The minimum Gasteiger partial charge on any atom is -0.362 e. The number of aryl methyl sites for hydroxylation is 2. The van der Waals surface area contributed by atoms with E-state index in [1.807, 2.05) is 24.0 Å². The van der Waals surface area contributed by atoms with Gasteiger partial charge in [0, 0.05) is 18.3 Å². The second kappa shape index (κ2) is 6.36. The van der Waals surface area contributed by atoms with Gasteiger partial charge < -0.3 is 10.2 Å². The first-order chi connectivity index (χ1) is 11.0. The van der Waals surface area contributed by atoms with Crippen LogP contribution in [0.1, 0.15) is 17.5 Å². The summed E-state index contributed by atoms with van der Waals surface area (Å²) in [6.45, 7) is 2.93. The molecule has 0 aromatic heterocycles. The number of rotatable bonds is 3. The number of carbonyl (C=O) groups excluding carboxylic acids is 1. The Bertz CT molecular complexity index is 746. The van der Waals surface area contributed by atoms with E-state index in [1.165, 1.54) is 11.1 Å². The van der Waals surface area contributed by atoms with Gasteiger partial charge in [0.25, 0.3) is 0 Å². The Labute approximate surface area is 133 Å². The van der Waals surface area contributed by atoms with Gasteiger partial charge in [0.15, 0.2) is 0 Å². The predicted molar refractivity (Wildman–Crippen MR) is 86.7 cm³/mol. The molecule has 1 amide bonds. The fraction of sp³-hybridized carbons (Fsp3) is 0.278. The SMILES string of the molecule is Cc1ccc2c(c1)CCCN2CC(=O)Nc1cc(F)ccc1F. The van der Waals surface area contributed by atoms with E-state index >= 15 is 0 Å². The summed E-state index contributed by atoms with van der Waals surface area (Å²) in [7, 11) is 0. The predicted octanol–water partition coefficient (Wildman–Crippen LogP) is 3.66. The van der Waals surface area contributed by atoms with Gasteiger partial charge in [-0.15, -0.1) is 0 Å². The first kappa shape index (κ1) is 15.5. The fourth-order valence-corrected chi connectivity index (χ4v) is 2.92. The summed E-state index contributed by atoms with van der Waals surface area (Å²) in [4.78, 5) is 14.2. The van der Waals surface area contributed by atoms with Gasteiger partial charge in [-0.1, -0.05) is 17.7 Å². The highest BCUT2D eigenvalue weighted by atomic mass is 19.1. The zero-order chi connectivity index (χ0) is 16.4. The third-order valence-corrected chi connectivity index (χ3v) is 3.99.